The molecular formula is C25H33N5O3. The molecule has 0 unspecified atom stereocenters. The molecule has 1 saturated carbocycles. The maximum absolute atomic E-state index is 13.6. The van der Waals surface area contributed by atoms with E-state index in [-0.39, 0.29) is 35.8 Å². The first-order chi connectivity index (χ1) is 15.9. The lowest BCUT2D eigenvalue weighted by Gasteiger charge is -2.44. The van der Waals surface area contributed by atoms with E-state index in [4.69, 9.17) is 0 Å². The third-order valence-electron chi connectivity index (χ3n) is 6.85. The van der Waals surface area contributed by atoms with Crippen LogP contribution in [0.5, 0.6) is 0 Å². The van der Waals surface area contributed by atoms with E-state index in [2.05, 4.69) is 15.6 Å². The van der Waals surface area contributed by atoms with Crippen molar-refractivity contribution in [2.45, 2.75) is 77.4 Å². The Hall–Kier alpha value is -3.16. The molecule has 0 saturated heterocycles. The highest BCUT2D eigenvalue weighted by Crippen LogP contribution is 2.30. The maximum Gasteiger partial charge on any atom is 0.276 e. The molecule has 1 aliphatic carbocycles. The zero-order valence-electron chi connectivity index (χ0n) is 19.7. The van der Waals surface area contributed by atoms with Crippen molar-refractivity contribution in [3.63, 3.8) is 0 Å². The highest BCUT2D eigenvalue weighted by Gasteiger charge is 2.48. The van der Waals surface area contributed by atoms with Gasteiger partial charge in [0.05, 0.1) is 12.9 Å². The molecule has 176 valence electrons. The molecule has 1 fully saturated rings. The van der Waals surface area contributed by atoms with Gasteiger partial charge in [-0.1, -0.05) is 44.9 Å². The van der Waals surface area contributed by atoms with E-state index in [1.807, 2.05) is 45.0 Å². The fourth-order valence-corrected chi connectivity index (χ4v) is 4.97. The molecule has 0 bridgehead atoms. The number of carbonyl (C=O) groups is 3. The average Bonchev–Trinajstić information content (AvgIpc) is 3.47. The van der Waals surface area contributed by atoms with E-state index in [1.54, 1.807) is 9.47 Å². The van der Waals surface area contributed by atoms with Crippen LogP contribution in [-0.2, 0) is 17.8 Å². The summed E-state index contributed by atoms with van der Waals surface area (Å²) in [6.07, 6.45) is 7.16. The second-order valence-electron chi connectivity index (χ2n) is 9.22. The number of aromatic nitrogens is 2. The van der Waals surface area contributed by atoms with Gasteiger partial charge in [0.25, 0.3) is 11.8 Å². The summed E-state index contributed by atoms with van der Waals surface area (Å²) >= 11 is 0. The molecule has 0 spiro atoms. The van der Waals surface area contributed by atoms with Crippen molar-refractivity contribution in [3.05, 3.63) is 47.5 Å². The van der Waals surface area contributed by atoms with E-state index in [0.717, 1.165) is 37.7 Å². The van der Waals surface area contributed by atoms with Crippen LogP contribution >= 0.6 is 0 Å². The van der Waals surface area contributed by atoms with Crippen molar-refractivity contribution in [2.24, 2.45) is 0 Å². The van der Waals surface area contributed by atoms with Crippen LogP contribution in [0.4, 0.5) is 5.69 Å². The number of hydrogen-bond acceptors (Lipinski definition) is 4. The Morgan fingerprint density at radius 2 is 1.91 bits per heavy atom. The Kier molecular flexibility index (Phi) is 6.54. The number of aryl methyl sites for hydroxylation is 1. The second-order valence-corrected chi connectivity index (χ2v) is 9.22. The predicted molar refractivity (Wildman–Crippen MR) is 126 cm³/mol. The van der Waals surface area contributed by atoms with Crippen molar-refractivity contribution < 1.29 is 14.4 Å². The van der Waals surface area contributed by atoms with Crippen LogP contribution in [-0.4, -0.2) is 50.3 Å². The number of fused-ring (bicyclic) bond motifs is 1. The zero-order chi connectivity index (χ0) is 23.6. The molecule has 2 heterocycles. The van der Waals surface area contributed by atoms with Gasteiger partial charge in [-0.2, -0.15) is 0 Å². The van der Waals surface area contributed by atoms with Gasteiger partial charge in [-0.05, 0) is 44.2 Å². The first-order valence-corrected chi connectivity index (χ1v) is 12.0. The van der Waals surface area contributed by atoms with Gasteiger partial charge in [0.2, 0.25) is 5.91 Å². The van der Waals surface area contributed by atoms with Crippen LogP contribution in [0.2, 0.25) is 0 Å². The Labute approximate surface area is 194 Å². The number of nitrogens with zero attached hydrogens (tertiary/aromatic N) is 3. The molecule has 4 rings (SSSR count). The van der Waals surface area contributed by atoms with E-state index >= 15 is 0 Å². The van der Waals surface area contributed by atoms with Crippen LogP contribution in [0.3, 0.4) is 0 Å². The lowest BCUT2D eigenvalue weighted by atomic mass is 9.93. The minimum absolute atomic E-state index is 0.0882. The molecule has 1 atom stereocenters. The number of imidazole rings is 1. The van der Waals surface area contributed by atoms with Crippen LogP contribution in [0.15, 0.2) is 30.6 Å². The highest BCUT2D eigenvalue weighted by molar-refractivity contribution is 6.11. The molecular weight excluding hydrogens is 418 g/mol. The molecule has 33 heavy (non-hydrogen) atoms. The number of para-hydroxylation sites is 1. The lowest BCUT2D eigenvalue weighted by molar-refractivity contribution is -0.133. The molecule has 2 N–H and O–H groups in total. The maximum atomic E-state index is 13.6. The van der Waals surface area contributed by atoms with Crippen molar-refractivity contribution in [1.82, 2.24) is 19.8 Å². The topological polar surface area (TPSA) is 96.3 Å². The smallest absolute Gasteiger partial charge is 0.276 e. The fraction of sp³-hybridized carbons (Fsp3) is 0.520. The summed E-state index contributed by atoms with van der Waals surface area (Å²) in [6, 6.07) is 7.75. The van der Waals surface area contributed by atoms with E-state index in [0.29, 0.717) is 18.7 Å². The highest BCUT2D eigenvalue weighted by atomic mass is 16.2. The predicted octanol–water partition coefficient (Wildman–Crippen LogP) is 3.38. The summed E-state index contributed by atoms with van der Waals surface area (Å²) in [5, 5.41) is 6.07. The summed E-state index contributed by atoms with van der Waals surface area (Å²) in [4.78, 5) is 46.0. The Morgan fingerprint density at radius 1 is 1.18 bits per heavy atom. The molecule has 8 heteroatoms. The van der Waals surface area contributed by atoms with Crippen LogP contribution in [0, 0.1) is 0 Å². The molecule has 3 amide bonds. The van der Waals surface area contributed by atoms with Crippen LogP contribution < -0.4 is 10.6 Å². The summed E-state index contributed by atoms with van der Waals surface area (Å²) in [6.45, 7) is 6.50. The minimum Gasteiger partial charge on any atom is -0.351 e. The molecule has 2 aromatic rings. The van der Waals surface area contributed by atoms with Gasteiger partial charge < -0.3 is 20.1 Å². The van der Waals surface area contributed by atoms with Gasteiger partial charge in [0.1, 0.15) is 11.2 Å². The summed E-state index contributed by atoms with van der Waals surface area (Å²) in [5.74, 6) is -0.898. The number of amides is 3. The molecule has 0 radical (unpaired) electrons. The van der Waals surface area contributed by atoms with Gasteiger partial charge >= 0.3 is 0 Å². The average molecular weight is 452 g/mol. The van der Waals surface area contributed by atoms with Crippen molar-refractivity contribution in [3.8, 4) is 0 Å². The number of nitrogens with one attached hydrogen (secondary N) is 2. The lowest BCUT2D eigenvalue weighted by Crippen LogP contribution is -2.65. The van der Waals surface area contributed by atoms with E-state index in [1.165, 1.54) is 6.33 Å². The van der Waals surface area contributed by atoms with Crippen molar-refractivity contribution in [2.75, 3.05) is 11.9 Å². The first-order valence-electron chi connectivity index (χ1n) is 12.0. The van der Waals surface area contributed by atoms with Gasteiger partial charge in [0, 0.05) is 18.3 Å². The molecule has 8 nitrogen and oxygen atoms in total. The van der Waals surface area contributed by atoms with Gasteiger partial charge in [-0.3, -0.25) is 14.4 Å². The monoisotopic (exact) mass is 451 g/mol. The standard InChI is InChI=1S/C25H33N5O3/c1-4-14-30-23(32)21-20(22(31)28-19-13-9-6-10-17(19)5-2)26-16-29(21)15-25(30,3)24(33)27-18-11-7-8-12-18/h6,9-10,13,16,18H,4-5,7-8,11-12,14-15H2,1-3H3,(H,27,33)(H,28,31)/t25-/m1/s1. The van der Waals surface area contributed by atoms with E-state index in [9.17, 15) is 14.4 Å². The quantitative estimate of drug-likeness (QED) is 0.675. The number of hydrogen-bond donors (Lipinski definition) is 2. The van der Waals surface area contributed by atoms with Gasteiger partial charge in [-0.15, -0.1) is 0 Å². The Bertz CT molecular complexity index is 1060. The number of anilines is 1. The fourth-order valence-electron chi connectivity index (χ4n) is 4.97. The molecule has 1 aromatic carbocycles. The van der Waals surface area contributed by atoms with Gasteiger partial charge in [-0.25, -0.2) is 4.98 Å². The van der Waals surface area contributed by atoms with Crippen LogP contribution in [0.1, 0.15) is 79.4 Å². The SMILES string of the molecule is CCCN1C(=O)c2c(C(=O)Nc3ccccc3CC)ncn2C[C@]1(C)C(=O)NC1CCCC1. The summed E-state index contributed by atoms with van der Waals surface area (Å²) in [5.41, 5.74) is 1.01. The molecule has 1 aliphatic heterocycles. The summed E-state index contributed by atoms with van der Waals surface area (Å²) < 4.78 is 1.66. The third kappa shape index (κ3) is 4.26. The van der Waals surface area contributed by atoms with E-state index < -0.39 is 11.4 Å². The van der Waals surface area contributed by atoms with Crippen LogP contribution in [0.25, 0.3) is 0 Å². The Balaban J connectivity index is 1.63. The largest absolute Gasteiger partial charge is 0.351 e. The second kappa shape index (κ2) is 9.37. The number of benzene rings is 1. The normalized spacial score (nSPS) is 20.6. The summed E-state index contributed by atoms with van der Waals surface area (Å²) in [7, 11) is 0. The zero-order valence-corrected chi connectivity index (χ0v) is 19.7. The van der Waals surface area contributed by atoms with Crippen molar-refractivity contribution >= 4 is 23.4 Å². The minimum atomic E-state index is -1.04. The van der Waals surface area contributed by atoms with Crippen molar-refractivity contribution in [1.29, 1.82) is 0 Å². The molecule has 1 aromatic heterocycles. The number of rotatable bonds is 7. The molecule has 2 aliphatic rings. The Morgan fingerprint density at radius 3 is 2.61 bits per heavy atom. The first kappa shape index (κ1) is 23.0. The van der Waals surface area contributed by atoms with Gasteiger partial charge in [0.15, 0.2) is 5.69 Å². The number of carbonyl (C=O) groups excluding carboxylic acids is 3. The third-order valence-corrected chi connectivity index (χ3v) is 6.85.